The molecule has 7 heteroatoms. The summed E-state index contributed by atoms with van der Waals surface area (Å²) in [6, 6.07) is 52.8. The van der Waals surface area contributed by atoms with Gasteiger partial charge in [-0.2, -0.15) is 9.97 Å². The first-order chi connectivity index (χ1) is 43.5. The molecule has 0 saturated carbocycles. The summed E-state index contributed by atoms with van der Waals surface area (Å²) in [4.78, 5) is 15.1. The van der Waals surface area contributed by atoms with Crippen molar-refractivity contribution < 1.29 is 19.2 Å². The lowest BCUT2D eigenvalue weighted by Gasteiger charge is -2.34. The van der Waals surface area contributed by atoms with Gasteiger partial charge in [0.1, 0.15) is 0 Å². The maximum atomic E-state index is 10.6. The third-order valence-corrected chi connectivity index (χ3v) is 18.9. The van der Waals surface area contributed by atoms with E-state index in [1.807, 2.05) is 78.9 Å². The van der Waals surface area contributed by atoms with Crippen LogP contribution in [0.2, 0.25) is 0 Å². The molecule has 356 valence electrons. The summed E-state index contributed by atoms with van der Waals surface area (Å²) in [7, 11) is -4.65. The average Bonchev–Trinajstić information content (AvgIpc) is 0.749. The smallest absolute Gasteiger partial charge is 0.238 e. The molecule has 0 unspecified atom stereocenters. The van der Waals surface area contributed by atoms with Crippen LogP contribution in [0.25, 0.3) is 106 Å². The van der Waals surface area contributed by atoms with Crippen LogP contribution in [-0.4, -0.2) is 36.7 Å². The number of hydrogen-bond acceptors (Lipinski definition) is 3. The van der Waals surface area contributed by atoms with Crippen LogP contribution in [-0.2, 0) is 0 Å². The first-order valence-electron chi connectivity index (χ1n) is 31.7. The number of fused-ring (bicyclic) bond motifs is 9. The van der Waals surface area contributed by atoms with Crippen molar-refractivity contribution in [1.29, 1.82) is 0 Å². The second-order valence-electron chi connectivity index (χ2n) is 18.5. The first kappa shape index (κ1) is 31.6. The van der Waals surface area contributed by atoms with Crippen molar-refractivity contribution in [2.24, 2.45) is 0 Å². The predicted octanol–water partition coefficient (Wildman–Crippen LogP) is 13.9. The molecule has 15 rings (SSSR count). The molecule has 4 aromatic heterocycles. The molecule has 0 aliphatic carbocycles. The van der Waals surface area contributed by atoms with E-state index >= 15 is 0 Å². The second-order valence-corrected chi connectivity index (χ2v) is 22.1. The molecule has 0 aliphatic rings. The monoisotopic (exact) mass is 1000 g/mol. The highest BCUT2D eigenvalue weighted by atomic mass is 28.3. The van der Waals surface area contributed by atoms with Crippen LogP contribution in [0.5, 0.6) is 0 Å². The highest BCUT2D eigenvalue weighted by Gasteiger charge is 2.41. The van der Waals surface area contributed by atoms with Gasteiger partial charge >= 0.3 is 0 Å². The topological polar surface area (TPSA) is 53.5 Å². The number of aromatic nitrogens is 6. The van der Waals surface area contributed by atoms with Crippen molar-refractivity contribution in [3.05, 3.63) is 279 Å². The van der Waals surface area contributed by atoms with E-state index in [9.17, 15) is 11.0 Å². The standard InChI is InChI=1S/C69H46N6Si/c1-5-23-47(24-6-1)67-70-68(48-25-21-32-53(45-48)76(50-26-7-2-8-27-50,51-28-9-3-10-29-51)52-30-11-4-12-31-52)72-69(71-67)75-63-41-20-15-35-56(63)58-37-22-42-65(66(58)75)74-62-40-19-16-36-57(62)59-46-49(43-44-64(59)74)73-60-38-17-13-33-54(60)55-34-14-18-39-61(55)73/h1-46H/i1D,2D,5D,6D,7D,8D,21D,23D,24D,25D,26D,27D,32D,45D. The Morgan fingerprint density at radius 1 is 0.329 bits per heavy atom. The maximum Gasteiger partial charge on any atom is 0.238 e. The van der Waals surface area contributed by atoms with Crippen LogP contribution in [0.4, 0.5) is 0 Å². The zero-order valence-electron chi connectivity index (χ0n) is 54.2. The van der Waals surface area contributed by atoms with Gasteiger partial charge in [-0.3, -0.25) is 4.57 Å². The fraction of sp³-hybridized carbons (Fsp3) is 0. The molecule has 0 spiro atoms. The van der Waals surface area contributed by atoms with Gasteiger partial charge in [-0.15, -0.1) is 0 Å². The summed E-state index contributed by atoms with van der Waals surface area (Å²) < 4.78 is 137. The van der Waals surface area contributed by atoms with Crippen LogP contribution < -0.4 is 20.7 Å². The molecule has 0 aliphatic heterocycles. The Hall–Kier alpha value is -9.95. The van der Waals surface area contributed by atoms with Gasteiger partial charge in [-0.1, -0.05) is 230 Å². The van der Waals surface area contributed by atoms with E-state index in [2.05, 4.69) is 63.7 Å². The maximum absolute atomic E-state index is 10.6. The Balaban J connectivity index is 1.06. The zero-order chi connectivity index (χ0) is 62.3. The predicted molar refractivity (Wildman–Crippen MR) is 317 cm³/mol. The van der Waals surface area contributed by atoms with Crippen LogP contribution in [0.1, 0.15) is 19.2 Å². The van der Waals surface area contributed by atoms with E-state index in [1.165, 1.54) is 0 Å². The number of nitrogens with zero attached hydrogens (tertiary/aromatic N) is 6. The zero-order valence-corrected chi connectivity index (χ0v) is 41.2. The molecule has 0 saturated heterocycles. The summed E-state index contributed by atoms with van der Waals surface area (Å²) in [5, 5.41) is 6.04. The van der Waals surface area contributed by atoms with Gasteiger partial charge in [0.25, 0.3) is 0 Å². The van der Waals surface area contributed by atoms with Gasteiger partial charge in [-0.05, 0) is 69.3 Å². The molecule has 6 nitrogen and oxygen atoms in total. The normalized spacial score (nSPS) is 14.5. The van der Waals surface area contributed by atoms with Crippen molar-refractivity contribution in [3.8, 4) is 40.1 Å². The van der Waals surface area contributed by atoms with Gasteiger partial charge in [0.05, 0.1) is 58.0 Å². The van der Waals surface area contributed by atoms with Gasteiger partial charge in [0.2, 0.25) is 5.95 Å². The van der Waals surface area contributed by atoms with E-state index in [4.69, 9.17) is 23.2 Å². The molecule has 0 radical (unpaired) electrons. The Morgan fingerprint density at radius 3 is 1.43 bits per heavy atom. The third-order valence-electron chi connectivity index (χ3n) is 14.5. The molecular formula is C69H46N6Si. The van der Waals surface area contributed by atoms with Crippen LogP contribution in [0.3, 0.4) is 0 Å². The van der Waals surface area contributed by atoms with Crippen LogP contribution in [0, 0.1) is 0 Å². The largest absolute Gasteiger partial charge is 0.309 e. The second kappa shape index (κ2) is 17.6. The van der Waals surface area contributed by atoms with Crippen LogP contribution >= 0.6 is 0 Å². The molecule has 0 N–H and O–H groups in total. The Bertz CT molecular complexity index is 5430. The van der Waals surface area contributed by atoms with E-state index in [0.29, 0.717) is 27.1 Å². The van der Waals surface area contributed by atoms with Crippen molar-refractivity contribution in [2.45, 2.75) is 0 Å². The summed E-state index contributed by atoms with van der Waals surface area (Å²) in [5.74, 6) is -1.06. The van der Waals surface area contributed by atoms with Gasteiger partial charge in [-0.25, -0.2) is 4.98 Å². The van der Waals surface area contributed by atoms with E-state index < -0.39 is 115 Å². The molecule has 0 amide bonds. The lowest BCUT2D eigenvalue weighted by molar-refractivity contribution is 0.950. The summed E-state index contributed by atoms with van der Waals surface area (Å²) >= 11 is 0. The third kappa shape index (κ3) is 6.69. The molecule has 15 aromatic rings. The van der Waals surface area contributed by atoms with E-state index in [-0.39, 0.29) is 16.3 Å². The molecule has 4 heterocycles. The van der Waals surface area contributed by atoms with E-state index in [0.717, 1.165) is 60.1 Å². The fourth-order valence-electron chi connectivity index (χ4n) is 11.3. The lowest BCUT2D eigenvalue weighted by atomic mass is 10.1. The Morgan fingerprint density at radius 2 is 0.803 bits per heavy atom. The van der Waals surface area contributed by atoms with Gasteiger partial charge in [0.15, 0.2) is 19.7 Å². The summed E-state index contributed by atoms with van der Waals surface area (Å²) in [5.41, 5.74) is 5.73. The summed E-state index contributed by atoms with van der Waals surface area (Å²) in [6.45, 7) is 0. The number of rotatable bonds is 9. The SMILES string of the molecule is [2H]c1c([2H])c([2H])c(-c2nc(-c3c([2H])c([2H])c([2H])c([Si](c4ccccc4)(c4ccccc4)c4c([2H])c([2H])c([2H])c([2H])c4[2H])c3[2H])nc(-n3c4ccccc4c4cccc(-n5c6ccccc6c6cc(-n7c8ccccc8c8ccccc87)ccc65)c43)n2)c([2H])c1[2H]. The minimum absolute atomic E-state index is 0.169. The minimum Gasteiger partial charge on any atom is -0.309 e. The molecular weight excluding hydrogens is 941 g/mol. The molecule has 0 bridgehead atoms. The van der Waals surface area contributed by atoms with Crippen LogP contribution in [0.15, 0.2) is 279 Å². The fourth-order valence-corrected chi connectivity index (χ4v) is 15.5. The van der Waals surface area contributed by atoms with E-state index in [1.54, 1.807) is 65.2 Å². The Labute approximate surface area is 459 Å². The Kier molecular flexibility index (Phi) is 7.33. The molecule has 0 atom stereocenters. The van der Waals surface area contributed by atoms with Crippen molar-refractivity contribution >= 4 is 94.2 Å². The van der Waals surface area contributed by atoms with Crippen molar-refractivity contribution in [3.63, 3.8) is 0 Å². The van der Waals surface area contributed by atoms with Gasteiger partial charge < -0.3 is 9.13 Å². The minimum atomic E-state index is -4.65. The van der Waals surface area contributed by atoms with Crippen molar-refractivity contribution in [1.82, 2.24) is 28.7 Å². The molecule has 0 fully saturated rings. The number of hydrogen-bond donors (Lipinski definition) is 0. The lowest BCUT2D eigenvalue weighted by Crippen LogP contribution is -2.74. The average molecular weight is 1000 g/mol. The number of para-hydroxylation sites is 5. The highest BCUT2D eigenvalue weighted by Crippen LogP contribution is 2.41. The first-order valence-corrected chi connectivity index (χ1v) is 26.7. The van der Waals surface area contributed by atoms with Crippen molar-refractivity contribution in [2.75, 3.05) is 0 Å². The quantitative estimate of drug-likeness (QED) is 0.107. The molecule has 76 heavy (non-hydrogen) atoms. The highest BCUT2D eigenvalue weighted by molar-refractivity contribution is 7.19. The number of benzene rings is 11. The summed E-state index contributed by atoms with van der Waals surface area (Å²) in [6.07, 6.45) is 0. The molecule has 11 aromatic carbocycles. The van der Waals surface area contributed by atoms with Gasteiger partial charge in [0, 0.05) is 49.1 Å².